The van der Waals surface area contributed by atoms with Crippen LogP contribution in [0.1, 0.15) is 98.0 Å². The molecule has 16 rings (SSSR count). The van der Waals surface area contributed by atoms with Gasteiger partial charge in [0.25, 0.3) is 22.2 Å². The Balaban J connectivity index is 0.000000134. The molecule has 0 bridgehead atoms. The first-order valence-corrected chi connectivity index (χ1v) is 38.8. The minimum atomic E-state index is -0.644. The zero-order valence-electron chi connectivity index (χ0n) is 67.0. The van der Waals surface area contributed by atoms with Gasteiger partial charge in [-0.1, -0.05) is 140 Å². The molecule has 24 heteroatoms. The fourth-order valence-electron chi connectivity index (χ4n) is 14.6. The maximum atomic E-state index is 12.6. The topological polar surface area (TPSA) is 313 Å². The Morgan fingerprint density at radius 3 is 1.30 bits per heavy atom. The Kier molecular flexibility index (Phi) is 24.3. The van der Waals surface area contributed by atoms with E-state index in [1.54, 1.807) is 0 Å². The number of rotatable bonds is 19. The largest absolute Gasteiger partial charge is 0.349 e. The van der Waals surface area contributed by atoms with Gasteiger partial charge in [-0.05, 0) is 237 Å². The number of fused-ring (bicyclic) bond motifs is 8. The molecule has 8 aromatic carbocycles. The number of aryl methyl sites for hydroxylation is 13. The van der Waals surface area contributed by atoms with E-state index >= 15 is 0 Å². The first-order chi connectivity index (χ1) is 55.2. The number of nitrogens with zero attached hydrogens (tertiary/aromatic N) is 13. The van der Waals surface area contributed by atoms with Gasteiger partial charge in [-0.25, -0.2) is 39.5 Å². The van der Waals surface area contributed by atoms with Crippen molar-refractivity contribution in [1.29, 1.82) is 0 Å². The molecule has 6 N–H and O–H groups in total. The lowest BCUT2D eigenvalue weighted by atomic mass is 10.0. The van der Waals surface area contributed by atoms with E-state index in [1.165, 1.54) is 33.4 Å². The summed E-state index contributed by atoms with van der Waals surface area (Å²) in [6.07, 6.45) is 7.49. The minimum absolute atomic E-state index is 0.142. The fraction of sp³-hybridized carbons (Fsp3) is 0.275. The highest BCUT2D eigenvalue weighted by molar-refractivity contribution is 5.83. The molecule has 0 fully saturated rings. The van der Waals surface area contributed by atoms with Crippen molar-refractivity contribution in [1.82, 2.24) is 63.9 Å². The number of nitrogens with one attached hydrogen (secondary N) is 4. The SMILES string of the molecule is C=c1nc2c(c(=O)[nH]1)=Nc1cc(C)c(C)cc1N2CC(Cc1ccccc1)N(C)C.C=c1nc2c(c(=O)[nH]1)=Nc1cc(C)c(C)cc1N2CC(N)Cc1ccccc1.Cc1cc2nc3c(=O)[nH]c(=O)nc-3n(CCCCCc3ccccc3)c2cc1C.Cc1cccc(CCCn2c3nc(=O)[nH]c(=O)c-3nc3cc(C)c(C)cc32)c1. The van der Waals surface area contributed by atoms with Crippen LogP contribution in [0.2, 0.25) is 0 Å². The summed E-state index contributed by atoms with van der Waals surface area (Å²) in [7, 11) is 4.17. The summed E-state index contributed by atoms with van der Waals surface area (Å²) in [6.45, 7) is 28.6. The number of aromatic amines is 4. The highest BCUT2D eigenvalue weighted by Crippen LogP contribution is 2.39. The highest BCUT2D eigenvalue weighted by atomic mass is 16.2. The number of unbranched alkanes of at least 4 members (excludes halogenated alkanes) is 2. The first kappa shape index (κ1) is 80.0. The molecular formula is C91H96N18O6. The summed E-state index contributed by atoms with van der Waals surface area (Å²) in [5.41, 5.74) is 26.9. The van der Waals surface area contributed by atoms with Crippen LogP contribution in [0.5, 0.6) is 0 Å². The molecule has 586 valence electrons. The standard InChI is InChI=1S/C24H27N5O.C23H24N4O2.C22H23N5O.C22H22N4O2/c1-15-11-20-21(12-16(15)2)29(23-22(27-20)24(30)26-17(3)25-23)14-19(28(4)5)13-18-9-7-6-8-10-18;1-15-13-18-19(14-16(15)2)27(21-20(24-18)22(28)26-23(29)25-21)12-8-4-7-11-17-9-5-3-6-10-17;1-13-9-18-19(10-14(13)2)27(12-17(23)11-16-7-5-4-6-8-16)21-20(26-18)22(28)25-15(3)24-21;1-13-6-4-7-16(10-13)8-5-9-26-18-12-15(3)14(2)11-17(18)23-19-20(26)24-22(28)25-21(19)27/h6-12,19H,3,13-14H2,1-2,4-5H3,(H,26,30);3,5-6,9-10,13-14H,4,7-8,11-12H2,1-2H3,(H,26,28,29);4-10,17H,3,11-12,23H2,1-2H3,(H,25,28);4,6-7,10-12H,5,8-9H2,1-3H3,(H,25,27,28). The summed E-state index contributed by atoms with van der Waals surface area (Å²) in [6, 6.07) is 55.9. The van der Waals surface area contributed by atoms with Gasteiger partial charge in [0.15, 0.2) is 45.4 Å². The molecule has 0 spiro atoms. The number of likely N-dealkylation sites (N-methyl/N-ethyl adjacent to an activating group) is 1. The summed E-state index contributed by atoms with van der Waals surface area (Å²) in [5.74, 6) is 1.78. The molecule has 2 atom stereocenters. The summed E-state index contributed by atoms with van der Waals surface area (Å²) >= 11 is 0. The average Bonchev–Trinajstić information content (AvgIpc) is 0.774. The predicted octanol–water partition coefficient (Wildman–Crippen LogP) is 10.9. The van der Waals surface area contributed by atoms with Crippen LogP contribution in [0.15, 0.2) is 203 Å². The first-order valence-electron chi connectivity index (χ1n) is 38.8. The smallest absolute Gasteiger partial charge is 0.326 e. The molecule has 0 radical (unpaired) electrons. The normalized spacial score (nSPS) is 12.5. The van der Waals surface area contributed by atoms with Crippen LogP contribution in [0.25, 0.3) is 58.3 Å². The zero-order valence-corrected chi connectivity index (χ0v) is 67.0. The van der Waals surface area contributed by atoms with Crippen LogP contribution in [0.4, 0.5) is 34.4 Å². The maximum absolute atomic E-state index is 12.6. The number of aromatic nitrogens is 12. The lowest BCUT2D eigenvalue weighted by Crippen LogP contribution is -2.47. The van der Waals surface area contributed by atoms with Gasteiger partial charge in [0.2, 0.25) is 0 Å². The maximum Gasteiger partial charge on any atom is 0.349 e. The van der Waals surface area contributed by atoms with Gasteiger partial charge in [0.1, 0.15) is 11.0 Å². The Hall–Kier alpha value is -13.1. The lowest BCUT2D eigenvalue weighted by Gasteiger charge is -2.34. The van der Waals surface area contributed by atoms with Gasteiger partial charge in [-0.2, -0.15) is 9.97 Å². The third-order valence-corrected chi connectivity index (χ3v) is 21.4. The molecule has 0 saturated carbocycles. The van der Waals surface area contributed by atoms with Crippen molar-refractivity contribution >= 4 is 69.6 Å². The Labute approximate surface area is 664 Å². The molecule has 6 aliphatic heterocycles. The summed E-state index contributed by atoms with van der Waals surface area (Å²) in [4.78, 5) is 125. The van der Waals surface area contributed by atoms with Crippen molar-refractivity contribution in [2.75, 3.05) is 37.0 Å². The van der Waals surface area contributed by atoms with E-state index in [0.29, 0.717) is 71.1 Å². The molecule has 6 aliphatic rings. The average molecular weight is 1540 g/mol. The third kappa shape index (κ3) is 18.5. The van der Waals surface area contributed by atoms with Crippen LogP contribution in [0.3, 0.4) is 0 Å². The third-order valence-electron chi connectivity index (χ3n) is 21.4. The molecule has 0 amide bonds. The van der Waals surface area contributed by atoms with Crippen LogP contribution < -0.4 is 70.8 Å². The number of H-pyrrole nitrogens is 4. The van der Waals surface area contributed by atoms with Crippen LogP contribution in [-0.2, 0) is 38.8 Å². The molecule has 24 nitrogen and oxygen atoms in total. The highest BCUT2D eigenvalue weighted by Gasteiger charge is 2.30. The van der Waals surface area contributed by atoms with Crippen molar-refractivity contribution in [2.45, 2.75) is 139 Å². The Bertz CT molecular complexity index is 6540. The van der Waals surface area contributed by atoms with Crippen molar-refractivity contribution in [3.63, 3.8) is 0 Å². The summed E-state index contributed by atoms with van der Waals surface area (Å²) < 4.78 is 3.93. The zero-order chi connectivity index (χ0) is 81.5. The predicted molar refractivity (Wildman–Crippen MR) is 458 cm³/mol. The quantitative estimate of drug-likeness (QED) is 0.0371. The van der Waals surface area contributed by atoms with Gasteiger partial charge in [0, 0.05) is 38.3 Å². The van der Waals surface area contributed by atoms with Gasteiger partial charge in [-0.15, -0.1) is 0 Å². The van der Waals surface area contributed by atoms with E-state index < -0.39 is 22.5 Å². The Morgan fingerprint density at radius 1 is 0.409 bits per heavy atom. The molecule has 0 aliphatic carbocycles. The van der Waals surface area contributed by atoms with E-state index in [1.807, 2.05) is 103 Å². The number of hydrogen-bond acceptors (Lipinski definition) is 18. The van der Waals surface area contributed by atoms with E-state index in [-0.39, 0.29) is 34.6 Å². The van der Waals surface area contributed by atoms with Crippen LogP contribution >= 0.6 is 0 Å². The molecule has 0 saturated heterocycles. The van der Waals surface area contributed by atoms with Gasteiger partial charge in [0.05, 0.1) is 44.8 Å². The van der Waals surface area contributed by atoms with Gasteiger partial charge in [-0.3, -0.25) is 29.1 Å². The van der Waals surface area contributed by atoms with Crippen LogP contribution in [-0.4, -0.2) is 103 Å². The van der Waals surface area contributed by atoms with Crippen molar-refractivity contribution in [3.8, 4) is 23.0 Å². The minimum Gasteiger partial charge on any atom is -0.326 e. The van der Waals surface area contributed by atoms with E-state index in [9.17, 15) is 28.8 Å². The number of nitrogens with two attached hydrogens (primary N) is 1. The van der Waals surface area contributed by atoms with Gasteiger partial charge >= 0.3 is 11.4 Å². The molecule has 8 heterocycles. The fourth-order valence-corrected chi connectivity index (χ4v) is 14.6. The molecular weight excluding hydrogens is 1440 g/mol. The number of anilines is 4. The molecule has 115 heavy (non-hydrogen) atoms. The number of hydrogen-bond donors (Lipinski definition) is 5. The van der Waals surface area contributed by atoms with Gasteiger partial charge < -0.3 is 39.5 Å². The molecule has 2 unspecified atom stereocenters. The second-order valence-electron chi connectivity index (χ2n) is 30.3. The van der Waals surface area contributed by atoms with Crippen molar-refractivity contribution < 1.29 is 0 Å². The molecule has 2 aromatic heterocycles. The van der Waals surface area contributed by atoms with Crippen molar-refractivity contribution in [2.24, 2.45) is 15.7 Å². The van der Waals surface area contributed by atoms with E-state index in [0.717, 1.165) is 135 Å². The second kappa shape index (κ2) is 34.9. The van der Waals surface area contributed by atoms with E-state index in [2.05, 4.69) is 234 Å². The Morgan fingerprint density at radius 2 is 0.826 bits per heavy atom. The van der Waals surface area contributed by atoms with Crippen molar-refractivity contribution in [3.05, 3.63) is 320 Å². The monoisotopic (exact) mass is 1540 g/mol. The summed E-state index contributed by atoms with van der Waals surface area (Å²) in [5, 5.41) is 0.644. The van der Waals surface area contributed by atoms with E-state index in [4.69, 9.17) is 5.73 Å². The molecule has 10 aromatic rings. The number of benzene rings is 8. The lowest BCUT2D eigenvalue weighted by molar-refractivity contribution is 0.296. The second-order valence-corrected chi connectivity index (χ2v) is 30.3. The van der Waals surface area contributed by atoms with Crippen LogP contribution in [0, 0.1) is 62.3 Å².